The van der Waals surface area contributed by atoms with E-state index in [1.54, 1.807) is 6.20 Å². The summed E-state index contributed by atoms with van der Waals surface area (Å²) in [6.07, 6.45) is 2.35. The SMILES string of the molecule is Cc1ccc(CC(CN)C(=O)OC(C)(C)C)cn1. The van der Waals surface area contributed by atoms with E-state index in [1.165, 1.54) is 0 Å². The van der Waals surface area contributed by atoms with E-state index in [0.717, 1.165) is 11.3 Å². The maximum absolute atomic E-state index is 11.9. The molecule has 0 fully saturated rings. The summed E-state index contributed by atoms with van der Waals surface area (Å²) >= 11 is 0. The van der Waals surface area contributed by atoms with E-state index in [4.69, 9.17) is 10.5 Å². The second-order valence-electron chi connectivity index (χ2n) is 5.48. The van der Waals surface area contributed by atoms with Crippen LogP contribution >= 0.6 is 0 Å². The van der Waals surface area contributed by atoms with Gasteiger partial charge in [-0.3, -0.25) is 9.78 Å². The molecule has 0 saturated carbocycles. The first-order valence-corrected chi connectivity index (χ1v) is 6.16. The van der Waals surface area contributed by atoms with Gasteiger partial charge in [-0.1, -0.05) is 6.07 Å². The summed E-state index contributed by atoms with van der Waals surface area (Å²) in [6.45, 7) is 7.77. The maximum atomic E-state index is 11.9. The summed E-state index contributed by atoms with van der Waals surface area (Å²) in [7, 11) is 0. The number of carbonyl (C=O) groups excluding carboxylic acids is 1. The Hall–Kier alpha value is -1.42. The van der Waals surface area contributed by atoms with Crippen molar-refractivity contribution in [1.29, 1.82) is 0 Å². The molecule has 0 aliphatic heterocycles. The first kappa shape index (κ1) is 14.6. The van der Waals surface area contributed by atoms with Gasteiger partial charge >= 0.3 is 5.97 Å². The normalized spacial score (nSPS) is 13.2. The lowest BCUT2D eigenvalue weighted by Crippen LogP contribution is -2.33. The zero-order valence-electron chi connectivity index (χ0n) is 11.6. The molecule has 0 saturated heterocycles. The van der Waals surface area contributed by atoms with Gasteiger partial charge < -0.3 is 10.5 Å². The van der Waals surface area contributed by atoms with Crippen molar-refractivity contribution in [3.63, 3.8) is 0 Å². The predicted molar refractivity (Wildman–Crippen MR) is 71.1 cm³/mol. The second-order valence-corrected chi connectivity index (χ2v) is 5.48. The van der Waals surface area contributed by atoms with Crippen LogP contribution < -0.4 is 5.73 Å². The minimum atomic E-state index is -0.476. The minimum Gasteiger partial charge on any atom is -0.460 e. The number of ether oxygens (including phenoxy) is 1. The number of pyridine rings is 1. The Morgan fingerprint density at radius 1 is 1.44 bits per heavy atom. The van der Waals surface area contributed by atoms with Gasteiger partial charge in [-0.25, -0.2) is 0 Å². The molecular formula is C14H22N2O2. The Labute approximate surface area is 109 Å². The highest BCUT2D eigenvalue weighted by atomic mass is 16.6. The average Bonchev–Trinajstić information content (AvgIpc) is 2.25. The van der Waals surface area contributed by atoms with Gasteiger partial charge in [0.25, 0.3) is 0 Å². The minimum absolute atomic E-state index is 0.245. The van der Waals surface area contributed by atoms with Gasteiger partial charge in [-0.2, -0.15) is 0 Å². The van der Waals surface area contributed by atoms with Gasteiger partial charge in [0.2, 0.25) is 0 Å². The molecule has 1 aromatic rings. The van der Waals surface area contributed by atoms with Crippen molar-refractivity contribution in [1.82, 2.24) is 4.98 Å². The van der Waals surface area contributed by atoms with Gasteiger partial charge in [-0.05, 0) is 45.7 Å². The Morgan fingerprint density at radius 2 is 2.11 bits per heavy atom. The Balaban J connectivity index is 2.67. The third-order valence-corrected chi connectivity index (χ3v) is 2.48. The van der Waals surface area contributed by atoms with E-state index in [0.29, 0.717) is 6.42 Å². The van der Waals surface area contributed by atoms with Crippen molar-refractivity contribution in [2.75, 3.05) is 6.54 Å². The summed E-state index contributed by atoms with van der Waals surface area (Å²) in [5.41, 5.74) is 7.13. The molecule has 4 nitrogen and oxygen atoms in total. The lowest BCUT2D eigenvalue weighted by Gasteiger charge is -2.23. The lowest BCUT2D eigenvalue weighted by molar-refractivity contribution is -0.159. The molecule has 1 rings (SSSR count). The van der Waals surface area contributed by atoms with Crippen LogP contribution in [0.25, 0.3) is 0 Å². The smallest absolute Gasteiger partial charge is 0.311 e. The lowest BCUT2D eigenvalue weighted by atomic mass is 10.0. The second kappa shape index (κ2) is 5.96. The third kappa shape index (κ3) is 4.84. The fourth-order valence-electron chi connectivity index (χ4n) is 1.55. The van der Waals surface area contributed by atoms with Crippen LogP contribution in [-0.4, -0.2) is 23.1 Å². The number of hydrogen-bond acceptors (Lipinski definition) is 4. The first-order chi connectivity index (χ1) is 8.31. The molecule has 0 bridgehead atoms. The number of esters is 1. The number of carbonyl (C=O) groups is 1. The van der Waals surface area contributed by atoms with Gasteiger partial charge in [0.05, 0.1) is 5.92 Å². The molecule has 0 aromatic carbocycles. The van der Waals surface area contributed by atoms with Gasteiger partial charge in [0.1, 0.15) is 5.60 Å². The highest BCUT2D eigenvalue weighted by Gasteiger charge is 2.24. The molecule has 1 heterocycles. The van der Waals surface area contributed by atoms with Crippen LogP contribution in [0.3, 0.4) is 0 Å². The standard InChI is InChI=1S/C14H22N2O2/c1-10-5-6-11(9-16-10)7-12(8-15)13(17)18-14(2,3)4/h5-6,9,12H,7-8,15H2,1-4H3. The van der Waals surface area contributed by atoms with Crippen molar-refractivity contribution in [3.8, 4) is 0 Å². The molecule has 1 aromatic heterocycles. The number of hydrogen-bond donors (Lipinski definition) is 1. The van der Waals surface area contributed by atoms with Crippen molar-refractivity contribution < 1.29 is 9.53 Å². The molecule has 0 aliphatic rings. The van der Waals surface area contributed by atoms with E-state index in [1.807, 2.05) is 39.8 Å². The highest BCUT2D eigenvalue weighted by Crippen LogP contribution is 2.14. The Morgan fingerprint density at radius 3 is 2.56 bits per heavy atom. The first-order valence-electron chi connectivity index (χ1n) is 6.16. The molecule has 0 amide bonds. The highest BCUT2D eigenvalue weighted by molar-refractivity contribution is 5.73. The topological polar surface area (TPSA) is 65.2 Å². The predicted octanol–water partition coefficient (Wildman–Crippen LogP) is 1.85. The number of aryl methyl sites for hydroxylation is 1. The monoisotopic (exact) mass is 250 g/mol. The van der Waals surface area contributed by atoms with Crippen molar-refractivity contribution in [2.24, 2.45) is 11.7 Å². The number of nitrogens with zero attached hydrogens (tertiary/aromatic N) is 1. The van der Waals surface area contributed by atoms with Crippen LogP contribution in [-0.2, 0) is 16.0 Å². The third-order valence-electron chi connectivity index (χ3n) is 2.48. The van der Waals surface area contributed by atoms with Crippen LogP contribution in [0.15, 0.2) is 18.3 Å². The van der Waals surface area contributed by atoms with Gasteiger partial charge in [0, 0.05) is 18.4 Å². The number of nitrogens with two attached hydrogens (primary N) is 1. The summed E-state index contributed by atoms with van der Waals surface area (Å²) in [5.74, 6) is -0.556. The summed E-state index contributed by atoms with van der Waals surface area (Å²) in [6, 6.07) is 3.90. The van der Waals surface area contributed by atoms with Crippen molar-refractivity contribution in [3.05, 3.63) is 29.6 Å². The van der Waals surface area contributed by atoms with Crippen LogP contribution in [0.4, 0.5) is 0 Å². The number of aromatic nitrogens is 1. The molecule has 1 unspecified atom stereocenters. The molecule has 18 heavy (non-hydrogen) atoms. The molecular weight excluding hydrogens is 228 g/mol. The summed E-state index contributed by atoms with van der Waals surface area (Å²) < 4.78 is 5.35. The van der Waals surface area contributed by atoms with Gasteiger partial charge in [0.15, 0.2) is 0 Å². The molecule has 100 valence electrons. The van der Waals surface area contributed by atoms with Crippen LogP contribution in [0.1, 0.15) is 32.0 Å². The molecule has 0 radical (unpaired) electrons. The Kier molecular flexibility index (Phi) is 4.84. The maximum Gasteiger partial charge on any atom is 0.311 e. The summed E-state index contributed by atoms with van der Waals surface area (Å²) in [4.78, 5) is 16.1. The zero-order chi connectivity index (χ0) is 13.8. The fraction of sp³-hybridized carbons (Fsp3) is 0.571. The summed E-state index contributed by atoms with van der Waals surface area (Å²) in [5, 5.41) is 0. The fourth-order valence-corrected chi connectivity index (χ4v) is 1.55. The van der Waals surface area contributed by atoms with Crippen molar-refractivity contribution >= 4 is 5.97 Å². The molecule has 2 N–H and O–H groups in total. The molecule has 4 heteroatoms. The molecule has 1 atom stereocenters. The largest absolute Gasteiger partial charge is 0.460 e. The Bertz CT molecular complexity index is 393. The van der Waals surface area contributed by atoms with Gasteiger partial charge in [-0.15, -0.1) is 0 Å². The molecule has 0 aliphatic carbocycles. The molecule has 0 spiro atoms. The zero-order valence-corrected chi connectivity index (χ0v) is 11.6. The van der Waals surface area contributed by atoms with E-state index >= 15 is 0 Å². The average molecular weight is 250 g/mol. The van der Waals surface area contributed by atoms with Crippen LogP contribution in [0.5, 0.6) is 0 Å². The van der Waals surface area contributed by atoms with E-state index in [-0.39, 0.29) is 18.4 Å². The van der Waals surface area contributed by atoms with Crippen LogP contribution in [0, 0.1) is 12.8 Å². The number of rotatable bonds is 4. The van der Waals surface area contributed by atoms with E-state index in [2.05, 4.69) is 4.98 Å². The van der Waals surface area contributed by atoms with Crippen molar-refractivity contribution in [2.45, 2.75) is 39.7 Å². The quantitative estimate of drug-likeness (QED) is 0.828. The van der Waals surface area contributed by atoms with E-state index in [9.17, 15) is 4.79 Å². The van der Waals surface area contributed by atoms with E-state index < -0.39 is 5.60 Å². The van der Waals surface area contributed by atoms with Crippen LogP contribution in [0.2, 0.25) is 0 Å².